The summed E-state index contributed by atoms with van der Waals surface area (Å²) in [6.45, 7) is 16.1. The maximum absolute atomic E-state index is 13.7. The van der Waals surface area contributed by atoms with Crippen LogP contribution in [0.1, 0.15) is 247 Å². The lowest BCUT2D eigenvalue weighted by atomic mass is 10.00. The Hall–Kier alpha value is -2.24. The van der Waals surface area contributed by atoms with Crippen LogP contribution in [0.25, 0.3) is 0 Å². The lowest BCUT2D eigenvalue weighted by Crippen LogP contribution is -2.54. The number of rotatable bonds is 50. The molecule has 2 N–H and O–H groups in total. The number of amides is 4. The van der Waals surface area contributed by atoms with E-state index in [9.17, 15) is 19.2 Å². The molecule has 2 unspecified atom stereocenters. The molecule has 0 spiro atoms. The Morgan fingerprint density at radius 1 is 0.397 bits per heavy atom. The molecule has 402 valence electrons. The Morgan fingerprint density at radius 2 is 0.647 bits per heavy atom. The summed E-state index contributed by atoms with van der Waals surface area (Å²) in [5.74, 6) is -0.368. The number of hydrogen-bond acceptors (Lipinski definition) is 7. The summed E-state index contributed by atoms with van der Waals surface area (Å²) >= 11 is 0. The first-order valence-electron chi connectivity index (χ1n) is 28.8. The van der Waals surface area contributed by atoms with E-state index in [0.29, 0.717) is 65.3 Å². The van der Waals surface area contributed by atoms with Crippen LogP contribution < -0.4 is 10.6 Å². The van der Waals surface area contributed by atoms with Crippen LogP contribution in [0, 0.1) is 11.8 Å². The maximum Gasteiger partial charge on any atom is 0.243 e. The van der Waals surface area contributed by atoms with Crippen molar-refractivity contribution < 1.29 is 28.7 Å². The van der Waals surface area contributed by atoms with E-state index in [1.165, 1.54) is 154 Å². The number of hydrogen-bond donors (Lipinski definition) is 2. The van der Waals surface area contributed by atoms with Gasteiger partial charge in [0.15, 0.2) is 0 Å². The van der Waals surface area contributed by atoms with Gasteiger partial charge in [-0.3, -0.25) is 19.2 Å². The smallest absolute Gasteiger partial charge is 0.243 e. The summed E-state index contributed by atoms with van der Waals surface area (Å²) in [5, 5.41) is 6.19. The zero-order valence-electron chi connectivity index (χ0n) is 46.4. The maximum atomic E-state index is 13.7. The molecule has 0 aliphatic heterocycles. The first kappa shape index (κ1) is 65.8. The number of unbranched alkanes of at least 4 members (excludes halogenated alkanes) is 28. The molecule has 0 aliphatic carbocycles. The molecule has 2 atom stereocenters. The summed E-state index contributed by atoms with van der Waals surface area (Å²) in [5.41, 5.74) is 0. The monoisotopic (exact) mass is 964 g/mol. The summed E-state index contributed by atoms with van der Waals surface area (Å²) in [6, 6.07) is -1.15. The van der Waals surface area contributed by atoms with E-state index in [2.05, 4.69) is 29.4 Å². The summed E-state index contributed by atoms with van der Waals surface area (Å²) in [6.07, 6.45) is 39.3. The number of ether oxygens (including phenoxy) is 2. The first-order valence-corrected chi connectivity index (χ1v) is 28.8. The molecule has 11 heteroatoms. The fourth-order valence-electron chi connectivity index (χ4n) is 9.47. The van der Waals surface area contributed by atoms with Crippen molar-refractivity contribution in [2.45, 2.75) is 259 Å². The van der Waals surface area contributed by atoms with Gasteiger partial charge in [-0.05, 0) is 31.7 Å². The topological polar surface area (TPSA) is 121 Å². The van der Waals surface area contributed by atoms with Crippen molar-refractivity contribution in [3.63, 3.8) is 0 Å². The lowest BCUT2D eigenvalue weighted by molar-refractivity contribution is -0.143. The number of nitrogens with one attached hydrogen (secondary N) is 2. The zero-order valence-corrected chi connectivity index (χ0v) is 46.4. The highest BCUT2D eigenvalue weighted by molar-refractivity contribution is 5.88. The van der Waals surface area contributed by atoms with Gasteiger partial charge in [0.25, 0.3) is 0 Å². The zero-order chi connectivity index (χ0) is 50.5. The Balaban J connectivity index is 4.73. The number of likely N-dealkylation sites (N-methyl/N-ethyl adjacent to an activating group) is 1. The van der Waals surface area contributed by atoms with Crippen LogP contribution in [-0.4, -0.2) is 124 Å². The van der Waals surface area contributed by atoms with E-state index >= 15 is 0 Å². The largest absolute Gasteiger partial charge is 0.383 e. The minimum absolute atomic E-state index is 0.0191. The van der Waals surface area contributed by atoms with Crippen molar-refractivity contribution in [2.24, 2.45) is 11.8 Å². The van der Waals surface area contributed by atoms with Gasteiger partial charge in [0.1, 0.15) is 12.1 Å². The van der Waals surface area contributed by atoms with Crippen molar-refractivity contribution in [3.05, 3.63) is 0 Å². The molecule has 0 aromatic heterocycles. The van der Waals surface area contributed by atoms with E-state index in [0.717, 1.165) is 38.5 Å². The molecule has 0 rings (SSSR count). The summed E-state index contributed by atoms with van der Waals surface area (Å²) in [4.78, 5) is 60.0. The van der Waals surface area contributed by atoms with Crippen LogP contribution in [0.3, 0.4) is 0 Å². The number of nitrogens with zero attached hydrogens (tertiary/aromatic N) is 3. The molecule has 68 heavy (non-hydrogen) atoms. The fourth-order valence-corrected chi connectivity index (χ4v) is 9.47. The van der Waals surface area contributed by atoms with Crippen molar-refractivity contribution >= 4 is 23.6 Å². The second kappa shape index (κ2) is 47.1. The van der Waals surface area contributed by atoms with Crippen molar-refractivity contribution in [2.75, 3.05) is 73.7 Å². The van der Waals surface area contributed by atoms with Crippen LogP contribution >= 0.6 is 0 Å². The molecule has 0 saturated heterocycles. The minimum Gasteiger partial charge on any atom is -0.383 e. The van der Waals surface area contributed by atoms with E-state index in [-0.39, 0.29) is 35.5 Å². The Morgan fingerprint density at radius 3 is 0.882 bits per heavy atom. The Kier molecular flexibility index (Phi) is 45.6. The number of carbonyl (C=O) groups excluding carboxylic acids is 4. The average molecular weight is 965 g/mol. The summed E-state index contributed by atoms with van der Waals surface area (Å²) in [7, 11) is 5.22. The molecule has 4 amide bonds. The SMILES string of the molecule is CCCCCCCCCCCCCCCCCC(=O)N(CCOC)C(C(=O)NCCN(C)CCNC(=O)C(C(C)C)N(CCOC)C(=O)CCCCCCCCCCCCCCCCC)C(C)C. The molecule has 0 fully saturated rings. The third-order valence-corrected chi connectivity index (χ3v) is 13.8. The molecule has 11 nitrogen and oxygen atoms in total. The quantitative estimate of drug-likeness (QED) is 0.0583. The highest BCUT2D eigenvalue weighted by Crippen LogP contribution is 2.19. The van der Waals surface area contributed by atoms with E-state index < -0.39 is 12.1 Å². The van der Waals surface area contributed by atoms with Crippen LogP contribution in [0.15, 0.2) is 0 Å². The standard InChI is InChI=1S/C57H113N5O6/c1-10-12-14-16-18-20-22-24-26-28-30-32-34-36-38-40-52(63)61(46-48-67-8)54(50(3)4)56(65)58-42-44-60(7)45-43-59-57(66)55(51(5)6)62(47-49-68-9)53(64)41-39-37-35-33-31-29-27-25-23-21-19-17-15-13-11-2/h50-51,54-55H,10-49H2,1-9H3,(H,58,65)(H,59,66). The van der Waals surface area contributed by atoms with E-state index in [1.807, 2.05) is 34.7 Å². The highest BCUT2D eigenvalue weighted by Gasteiger charge is 2.33. The second-order valence-corrected chi connectivity index (χ2v) is 20.8. The summed E-state index contributed by atoms with van der Waals surface area (Å²) < 4.78 is 10.7. The van der Waals surface area contributed by atoms with Crippen molar-refractivity contribution in [1.29, 1.82) is 0 Å². The molecule has 0 aromatic carbocycles. The molecule has 0 heterocycles. The predicted octanol–water partition coefficient (Wildman–Crippen LogP) is 12.7. The van der Waals surface area contributed by atoms with Crippen LogP contribution in [0.2, 0.25) is 0 Å². The number of methoxy groups -OCH3 is 2. The van der Waals surface area contributed by atoms with Crippen LogP contribution in [0.4, 0.5) is 0 Å². The Bertz CT molecular complexity index is 1100. The fraction of sp³-hybridized carbons (Fsp3) is 0.930. The number of carbonyl (C=O) groups is 4. The van der Waals surface area contributed by atoms with Gasteiger partial charge >= 0.3 is 0 Å². The van der Waals surface area contributed by atoms with Crippen LogP contribution in [0.5, 0.6) is 0 Å². The van der Waals surface area contributed by atoms with Crippen molar-refractivity contribution in [1.82, 2.24) is 25.3 Å². The van der Waals surface area contributed by atoms with Crippen molar-refractivity contribution in [3.8, 4) is 0 Å². The third-order valence-electron chi connectivity index (χ3n) is 13.8. The second-order valence-electron chi connectivity index (χ2n) is 20.8. The van der Waals surface area contributed by atoms with Gasteiger partial charge in [-0.25, -0.2) is 0 Å². The van der Waals surface area contributed by atoms with E-state index in [1.54, 1.807) is 24.0 Å². The van der Waals surface area contributed by atoms with Gasteiger partial charge in [0, 0.05) is 66.3 Å². The van der Waals surface area contributed by atoms with Gasteiger partial charge in [0.2, 0.25) is 23.6 Å². The first-order chi connectivity index (χ1) is 33.0. The minimum atomic E-state index is -0.575. The normalized spacial score (nSPS) is 12.5. The van der Waals surface area contributed by atoms with Gasteiger partial charge in [-0.15, -0.1) is 0 Å². The molecule has 0 aliphatic rings. The molecule has 0 radical (unpaired) electrons. The third kappa shape index (κ3) is 35.8. The molecular weight excluding hydrogens is 851 g/mol. The Labute approximate surface area is 420 Å². The highest BCUT2D eigenvalue weighted by atomic mass is 16.5. The van der Waals surface area contributed by atoms with E-state index in [4.69, 9.17) is 9.47 Å². The molecule has 0 bridgehead atoms. The van der Waals surface area contributed by atoms with Gasteiger partial charge in [-0.1, -0.05) is 221 Å². The predicted molar refractivity (Wildman–Crippen MR) is 287 cm³/mol. The molecular formula is C57H113N5O6. The lowest BCUT2D eigenvalue weighted by Gasteiger charge is -2.34. The van der Waals surface area contributed by atoms with Crippen LogP contribution in [-0.2, 0) is 28.7 Å². The average Bonchev–Trinajstić information content (AvgIpc) is 3.30. The molecule has 0 saturated carbocycles. The van der Waals surface area contributed by atoms with Gasteiger partial charge < -0.3 is 34.8 Å². The van der Waals surface area contributed by atoms with Gasteiger partial charge in [0.05, 0.1) is 13.2 Å². The van der Waals surface area contributed by atoms with Gasteiger partial charge in [-0.2, -0.15) is 0 Å². The molecule has 0 aromatic rings.